The third kappa shape index (κ3) is 3.93. The van der Waals surface area contributed by atoms with Gasteiger partial charge in [-0.3, -0.25) is 14.2 Å². The van der Waals surface area contributed by atoms with Crippen molar-refractivity contribution in [1.29, 1.82) is 0 Å². The van der Waals surface area contributed by atoms with E-state index in [9.17, 15) is 9.59 Å². The number of amides is 1. The Balaban J connectivity index is 1.42. The summed E-state index contributed by atoms with van der Waals surface area (Å²) in [4.78, 5) is 32.8. The number of hydrogen-bond donors (Lipinski definition) is 0. The van der Waals surface area contributed by atoms with E-state index in [1.807, 2.05) is 65.6 Å². The fourth-order valence-corrected chi connectivity index (χ4v) is 4.13. The highest BCUT2D eigenvalue weighted by Crippen LogP contribution is 2.35. The lowest BCUT2D eigenvalue weighted by Crippen LogP contribution is -2.42. The SMILES string of the molecule is CC(C1CC1)N(Cc1ccccc1)C(=O)Cn1cnc2c(cnn2-c2ccccc2)c1=O. The van der Waals surface area contributed by atoms with Gasteiger partial charge in [0, 0.05) is 12.6 Å². The Hall–Kier alpha value is -3.74. The average Bonchev–Trinajstić information content (AvgIpc) is 3.59. The van der Waals surface area contributed by atoms with E-state index in [1.165, 1.54) is 17.1 Å². The Bertz CT molecular complexity index is 1290. The monoisotopic (exact) mass is 427 g/mol. The van der Waals surface area contributed by atoms with Gasteiger partial charge in [0.1, 0.15) is 18.3 Å². The lowest BCUT2D eigenvalue weighted by Gasteiger charge is -2.30. The van der Waals surface area contributed by atoms with Gasteiger partial charge in [-0.05, 0) is 43.4 Å². The molecule has 0 N–H and O–H groups in total. The fraction of sp³-hybridized carbons (Fsp3) is 0.280. The summed E-state index contributed by atoms with van der Waals surface area (Å²) in [5.41, 5.74) is 2.13. The van der Waals surface area contributed by atoms with Crippen LogP contribution in [0.25, 0.3) is 16.7 Å². The van der Waals surface area contributed by atoms with E-state index in [4.69, 9.17) is 0 Å². The molecule has 0 bridgehead atoms. The zero-order valence-corrected chi connectivity index (χ0v) is 18.0. The highest BCUT2D eigenvalue weighted by atomic mass is 16.2. The minimum Gasteiger partial charge on any atom is -0.334 e. The van der Waals surface area contributed by atoms with Gasteiger partial charge in [-0.25, -0.2) is 9.67 Å². The van der Waals surface area contributed by atoms with Crippen LogP contribution in [0.3, 0.4) is 0 Å². The fourth-order valence-electron chi connectivity index (χ4n) is 4.13. The van der Waals surface area contributed by atoms with Gasteiger partial charge >= 0.3 is 0 Å². The average molecular weight is 428 g/mol. The predicted octanol–water partition coefficient (Wildman–Crippen LogP) is 3.41. The van der Waals surface area contributed by atoms with Gasteiger partial charge in [0.15, 0.2) is 5.65 Å². The number of fused-ring (bicyclic) bond motifs is 1. The lowest BCUT2D eigenvalue weighted by atomic mass is 10.1. The van der Waals surface area contributed by atoms with E-state index in [2.05, 4.69) is 17.0 Å². The molecular weight excluding hydrogens is 402 g/mol. The van der Waals surface area contributed by atoms with Crippen molar-refractivity contribution in [3.05, 3.63) is 89.1 Å². The molecule has 1 aliphatic carbocycles. The number of hydrogen-bond acceptors (Lipinski definition) is 4. The topological polar surface area (TPSA) is 73.0 Å². The van der Waals surface area contributed by atoms with Gasteiger partial charge in [-0.15, -0.1) is 0 Å². The smallest absolute Gasteiger partial charge is 0.264 e. The van der Waals surface area contributed by atoms with Crippen LogP contribution in [-0.2, 0) is 17.9 Å². The second-order valence-electron chi connectivity index (χ2n) is 8.39. The molecule has 2 heterocycles. The first-order valence-corrected chi connectivity index (χ1v) is 10.9. The Morgan fingerprint density at radius 1 is 1.09 bits per heavy atom. The van der Waals surface area contributed by atoms with Crippen LogP contribution < -0.4 is 5.56 Å². The largest absolute Gasteiger partial charge is 0.334 e. The van der Waals surface area contributed by atoms with Crippen molar-refractivity contribution in [1.82, 2.24) is 24.2 Å². The first-order valence-electron chi connectivity index (χ1n) is 10.9. The van der Waals surface area contributed by atoms with Crippen molar-refractivity contribution in [2.75, 3.05) is 0 Å². The summed E-state index contributed by atoms with van der Waals surface area (Å²) in [7, 11) is 0. The second kappa shape index (κ2) is 8.42. The second-order valence-corrected chi connectivity index (χ2v) is 8.39. The third-order valence-corrected chi connectivity index (χ3v) is 6.17. The van der Waals surface area contributed by atoms with Gasteiger partial charge in [0.2, 0.25) is 5.91 Å². The number of para-hydroxylation sites is 1. The van der Waals surface area contributed by atoms with Gasteiger partial charge in [-0.2, -0.15) is 5.10 Å². The summed E-state index contributed by atoms with van der Waals surface area (Å²) in [6, 6.07) is 19.7. The molecular formula is C25H25N5O2. The van der Waals surface area contributed by atoms with Crippen LogP contribution >= 0.6 is 0 Å². The van der Waals surface area contributed by atoms with Gasteiger partial charge in [0.25, 0.3) is 5.56 Å². The Morgan fingerprint density at radius 3 is 2.47 bits per heavy atom. The molecule has 7 heteroatoms. The molecule has 7 nitrogen and oxygen atoms in total. The molecule has 32 heavy (non-hydrogen) atoms. The van der Waals surface area contributed by atoms with Crippen molar-refractivity contribution < 1.29 is 4.79 Å². The number of aromatic nitrogens is 4. The zero-order valence-electron chi connectivity index (χ0n) is 18.0. The Kier molecular flexibility index (Phi) is 5.31. The predicted molar refractivity (Wildman–Crippen MR) is 122 cm³/mol. The van der Waals surface area contributed by atoms with Crippen LogP contribution in [0, 0.1) is 5.92 Å². The van der Waals surface area contributed by atoms with Crippen molar-refractivity contribution in [3.8, 4) is 5.69 Å². The molecule has 5 rings (SSSR count). The Morgan fingerprint density at radius 2 is 1.78 bits per heavy atom. The molecule has 1 saturated carbocycles. The molecule has 4 aromatic rings. The molecule has 2 aromatic heterocycles. The minimum atomic E-state index is -0.260. The quantitative estimate of drug-likeness (QED) is 0.453. The molecule has 1 amide bonds. The lowest BCUT2D eigenvalue weighted by molar-refractivity contribution is -0.135. The maximum Gasteiger partial charge on any atom is 0.264 e. The van der Waals surface area contributed by atoms with Gasteiger partial charge < -0.3 is 4.90 Å². The number of carbonyl (C=O) groups is 1. The maximum absolute atomic E-state index is 13.3. The minimum absolute atomic E-state index is 0.0395. The first-order chi connectivity index (χ1) is 15.6. The van der Waals surface area contributed by atoms with E-state index >= 15 is 0 Å². The van der Waals surface area contributed by atoms with Crippen LogP contribution in [0.15, 0.2) is 78.0 Å². The van der Waals surface area contributed by atoms with Crippen LogP contribution in [-0.4, -0.2) is 36.2 Å². The van der Waals surface area contributed by atoms with E-state index < -0.39 is 0 Å². The molecule has 162 valence electrons. The van der Waals surface area contributed by atoms with Crippen molar-refractivity contribution in [2.24, 2.45) is 5.92 Å². The molecule has 0 radical (unpaired) electrons. The summed E-state index contributed by atoms with van der Waals surface area (Å²) in [5, 5.41) is 4.74. The van der Waals surface area contributed by atoms with Crippen molar-refractivity contribution >= 4 is 16.9 Å². The summed E-state index contributed by atoms with van der Waals surface area (Å²) in [5.74, 6) is 0.455. The summed E-state index contributed by atoms with van der Waals surface area (Å²) in [6.07, 6.45) is 5.26. The number of carbonyl (C=O) groups excluding carboxylic acids is 1. The molecule has 1 fully saturated rings. The third-order valence-electron chi connectivity index (χ3n) is 6.17. The summed E-state index contributed by atoms with van der Waals surface area (Å²) in [6.45, 7) is 2.60. The molecule has 1 atom stereocenters. The highest BCUT2D eigenvalue weighted by molar-refractivity contribution is 5.78. The molecule has 1 unspecified atom stereocenters. The van der Waals surface area contributed by atoms with Crippen LogP contribution in [0.1, 0.15) is 25.3 Å². The number of rotatable bonds is 7. The summed E-state index contributed by atoms with van der Waals surface area (Å²) >= 11 is 0. The molecule has 0 spiro atoms. The van der Waals surface area contributed by atoms with E-state index in [0.29, 0.717) is 23.5 Å². The van der Waals surface area contributed by atoms with Crippen molar-refractivity contribution in [2.45, 2.75) is 38.9 Å². The molecule has 0 aliphatic heterocycles. The summed E-state index contributed by atoms with van der Waals surface area (Å²) < 4.78 is 3.03. The van der Waals surface area contributed by atoms with E-state index in [0.717, 1.165) is 24.1 Å². The van der Waals surface area contributed by atoms with Crippen LogP contribution in [0.5, 0.6) is 0 Å². The van der Waals surface area contributed by atoms with Gasteiger partial charge in [-0.1, -0.05) is 48.5 Å². The molecule has 1 aliphatic rings. The standard InChI is InChI=1S/C25H25N5O2/c1-18(20-12-13-20)29(15-19-8-4-2-5-9-19)23(31)16-28-17-26-24-22(25(28)32)14-27-30(24)21-10-6-3-7-11-21/h2-11,14,17-18,20H,12-13,15-16H2,1H3. The zero-order chi connectivity index (χ0) is 22.1. The Labute approximate surface area is 185 Å². The van der Waals surface area contributed by atoms with E-state index in [-0.39, 0.29) is 24.1 Å². The molecule has 0 saturated heterocycles. The molecule has 2 aromatic carbocycles. The van der Waals surface area contributed by atoms with E-state index in [1.54, 1.807) is 4.68 Å². The maximum atomic E-state index is 13.3. The van der Waals surface area contributed by atoms with Gasteiger partial charge in [0.05, 0.1) is 11.9 Å². The highest BCUT2D eigenvalue weighted by Gasteiger charge is 2.34. The normalized spacial score (nSPS) is 14.4. The number of benzene rings is 2. The van der Waals surface area contributed by atoms with Crippen LogP contribution in [0.4, 0.5) is 0 Å². The van der Waals surface area contributed by atoms with Crippen LogP contribution in [0.2, 0.25) is 0 Å². The first kappa shape index (κ1) is 20.2. The van der Waals surface area contributed by atoms with Crippen molar-refractivity contribution in [3.63, 3.8) is 0 Å². The number of nitrogens with zero attached hydrogens (tertiary/aromatic N) is 5.